The van der Waals surface area contributed by atoms with Crippen molar-refractivity contribution in [3.05, 3.63) is 33.8 Å². The first-order valence-corrected chi connectivity index (χ1v) is 8.78. The van der Waals surface area contributed by atoms with E-state index in [4.69, 9.17) is 11.6 Å². The summed E-state index contributed by atoms with van der Waals surface area (Å²) in [5.74, 6) is 5.05. The molecule has 3 aliphatic carbocycles. The highest BCUT2D eigenvalue weighted by molar-refractivity contribution is 9.09. The predicted octanol–water partition coefficient (Wildman–Crippen LogP) is 5.68. The summed E-state index contributed by atoms with van der Waals surface area (Å²) in [6.07, 6.45) is 4.53. The van der Waals surface area contributed by atoms with Gasteiger partial charge in [0.2, 0.25) is 0 Å². The molecule has 19 heavy (non-hydrogen) atoms. The van der Waals surface area contributed by atoms with Crippen LogP contribution in [0.3, 0.4) is 0 Å². The van der Waals surface area contributed by atoms with Gasteiger partial charge in [0.25, 0.3) is 0 Å². The van der Waals surface area contributed by atoms with Crippen LogP contribution in [0.4, 0.5) is 0 Å². The number of aryl methyl sites for hydroxylation is 2. The molecule has 0 amide bonds. The van der Waals surface area contributed by atoms with Crippen molar-refractivity contribution < 1.29 is 0 Å². The summed E-state index contributed by atoms with van der Waals surface area (Å²) in [5.41, 5.74) is 4.02. The van der Waals surface area contributed by atoms with Crippen molar-refractivity contribution in [2.75, 3.05) is 0 Å². The fraction of sp³-hybridized carbons (Fsp3) is 0.647. The number of hydrogen-bond acceptors (Lipinski definition) is 0. The average Bonchev–Trinajstić information content (AvgIpc) is 2.81. The first kappa shape index (κ1) is 12.7. The van der Waals surface area contributed by atoms with Crippen molar-refractivity contribution in [3.63, 3.8) is 0 Å². The molecule has 0 N–H and O–H groups in total. The summed E-state index contributed by atoms with van der Waals surface area (Å²) >= 11 is 10.2. The third kappa shape index (κ3) is 1.77. The smallest absolute Gasteiger partial charge is 0.0438 e. The summed E-state index contributed by atoms with van der Waals surface area (Å²) in [6.45, 7) is 4.31. The zero-order valence-corrected chi connectivity index (χ0v) is 13.8. The van der Waals surface area contributed by atoms with Gasteiger partial charge in [0.1, 0.15) is 0 Å². The third-order valence-corrected chi connectivity index (χ3v) is 7.49. The molecule has 102 valence electrons. The summed E-state index contributed by atoms with van der Waals surface area (Å²) in [4.78, 5) is 0.543. The van der Waals surface area contributed by atoms with Crippen LogP contribution < -0.4 is 0 Å². The fourth-order valence-corrected chi connectivity index (χ4v) is 6.51. The molecule has 0 spiro atoms. The molecule has 5 unspecified atom stereocenters. The zero-order chi connectivity index (χ0) is 13.3. The van der Waals surface area contributed by atoms with Gasteiger partial charge in [-0.25, -0.2) is 0 Å². The van der Waals surface area contributed by atoms with Crippen molar-refractivity contribution in [3.8, 4) is 0 Å². The molecule has 0 aliphatic heterocycles. The molecule has 0 aromatic heterocycles. The van der Waals surface area contributed by atoms with Crippen LogP contribution in [0.2, 0.25) is 5.02 Å². The highest BCUT2D eigenvalue weighted by Crippen LogP contribution is 2.73. The zero-order valence-electron chi connectivity index (χ0n) is 11.5. The predicted molar refractivity (Wildman–Crippen MR) is 83.9 cm³/mol. The highest BCUT2D eigenvalue weighted by Gasteiger charge is 2.66. The SMILES string of the molecule is Cc1cc(C(Br)C2C3C4CCC(C4)C32)c(C)cc1Cl. The lowest BCUT2D eigenvalue weighted by Crippen LogP contribution is -2.05. The van der Waals surface area contributed by atoms with Crippen LogP contribution in [0.15, 0.2) is 12.1 Å². The minimum atomic E-state index is 0.543. The van der Waals surface area contributed by atoms with Crippen LogP contribution in [0.1, 0.15) is 40.8 Å². The summed E-state index contributed by atoms with van der Waals surface area (Å²) in [5, 5.41) is 0.900. The quantitative estimate of drug-likeness (QED) is 0.608. The Hall–Kier alpha value is -0.0100. The van der Waals surface area contributed by atoms with Crippen LogP contribution in [0, 0.1) is 43.4 Å². The average molecular weight is 340 g/mol. The van der Waals surface area contributed by atoms with Gasteiger partial charge in [-0.3, -0.25) is 0 Å². The Morgan fingerprint density at radius 1 is 1.11 bits per heavy atom. The Balaban J connectivity index is 1.62. The first-order valence-electron chi connectivity index (χ1n) is 7.48. The van der Waals surface area contributed by atoms with E-state index < -0.39 is 0 Å². The van der Waals surface area contributed by atoms with Crippen LogP contribution in [0.5, 0.6) is 0 Å². The molecule has 3 saturated carbocycles. The number of halogens is 2. The van der Waals surface area contributed by atoms with Crippen molar-refractivity contribution in [1.82, 2.24) is 0 Å². The molecule has 5 atom stereocenters. The Morgan fingerprint density at radius 3 is 2.37 bits per heavy atom. The molecule has 1 aromatic rings. The van der Waals surface area contributed by atoms with Gasteiger partial charge in [0.15, 0.2) is 0 Å². The van der Waals surface area contributed by atoms with E-state index >= 15 is 0 Å². The number of fused-ring (bicyclic) bond motifs is 5. The van der Waals surface area contributed by atoms with Gasteiger partial charge in [-0.05, 0) is 85.5 Å². The lowest BCUT2D eigenvalue weighted by molar-refractivity contribution is 0.456. The van der Waals surface area contributed by atoms with Gasteiger partial charge >= 0.3 is 0 Å². The molecule has 0 nitrogen and oxygen atoms in total. The standard InChI is InChI=1S/C17H20BrCl/c1-8-6-13(19)9(2)5-12(8)17(18)16-14-10-3-4-11(7-10)15(14)16/h5-6,10-11,14-17H,3-4,7H2,1-2H3. The van der Waals surface area contributed by atoms with E-state index in [2.05, 4.69) is 41.9 Å². The molecule has 0 heterocycles. The van der Waals surface area contributed by atoms with Crippen LogP contribution in [-0.2, 0) is 0 Å². The summed E-state index contributed by atoms with van der Waals surface area (Å²) in [6, 6.07) is 4.43. The molecule has 3 aliphatic rings. The number of benzene rings is 1. The van der Waals surface area contributed by atoms with E-state index in [-0.39, 0.29) is 0 Å². The Morgan fingerprint density at radius 2 is 1.74 bits per heavy atom. The molecular weight excluding hydrogens is 320 g/mol. The van der Waals surface area contributed by atoms with Crippen LogP contribution >= 0.6 is 27.5 Å². The highest BCUT2D eigenvalue weighted by atomic mass is 79.9. The third-order valence-electron chi connectivity index (χ3n) is 5.98. The van der Waals surface area contributed by atoms with Gasteiger partial charge in [-0.1, -0.05) is 33.6 Å². The van der Waals surface area contributed by atoms with Gasteiger partial charge in [0, 0.05) is 9.85 Å². The molecule has 2 bridgehead atoms. The second kappa shape index (κ2) is 4.24. The minimum Gasteiger partial charge on any atom is -0.0840 e. The van der Waals surface area contributed by atoms with Crippen LogP contribution in [0.25, 0.3) is 0 Å². The van der Waals surface area contributed by atoms with Gasteiger partial charge in [-0.2, -0.15) is 0 Å². The monoisotopic (exact) mass is 338 g/mol. The van der Waals surface area contributed by atoms with E-state index in [1.165, 1.54) is 36.0 Å². The van der Waals surface area contributed by atoms with Gasteiger partial charge < -0.3 is 0 Å². The molecule has 2 heteroatoms. The Kier molecular flexibility index (Phi) is 2.84. The Bertz CT molecular complexity index is 522. The maximum Gasteiger partial charge on any atom is 0.0438 e. The number of hydrogen-bond donors (Lipinski definition) is 0. The van der Waals surface area contributed by atoms with E-state index in [1.54, 1.807) is 0 Å². The maximum atomic E-state index is 6.22. The van der Waals surface area contributed by atoms with Crippen molar-refractivity contribution in [1.29, 1.82) is 0 Å². The normalized spacial score (nSPS) is 40.3. The van der Waals surface area contributed by atoms with Crippen molar-refractivity contribution in [2.24, 2.45) is 29.6 Å². The second-order valence-electron chi connectivity index (χ2n) is 6.93. The fourth-order valence-electron chi connectivity index (χ4n) is 5.09. The minimum absolute atomic E-state index is 0.543. The van der Waals surface area contributed by atoms with Gasteiger partial charge in [-0.15, -0.1) is 0 Å². The molecule has 0 saturated heterocycles. The summed E-state index contributed by atoms with van der Waals surface area (Å²) in [7, 11) is 0. The number of alkyl halides is 1. The largest absolute Gasteiger partial charge is 0.0840 e. The van der Waals surface area contributed by atoms with E-state index in [1.807, 2.05) is 0 Å². The van der Waals surface area contributed by atoms with E-state index in [0.717, 1.165) is 34.6 Å². The van der Waals surface area contributed by atoms with Gasteiger partial charge in [0.05, 0.1) is 0 Å². The Labute approximate surface area is 129 Å². The lowest BCUT2D eigenvalue weighted by atomic mass is 9.94. The van der Waals surface area contributed by atoms with Crippen LogP contribution in [-0.4, -0.2) is 0 Å². The molecule has 0 radical (unpaired) electrons. The molecular formula is C17H20BrCl. The molecule has 1 aromatic carbocycles. The topological polar surface area (TPSA) is 0 Å². The van der Waals surface area contributed by atoms with Crippen molar-refractivity contribution in [2.45, 2.75) is 37.9 Å². The summed E-state index contributed by atoms with van der Waals surface area (Å²) < 4.78 is 0. The maximum absolute atomic E-state index is 6.22. The van der Waals surface area contributed by atoms with E-state index in [0.29, 0.717) is 4.83 Å². The van der Waals surface area contributed by atoms with E-state index in [9.17, 15) is 0 Å². The second-order valence-corrected chi connectivity index (χ2v) is 8.32. The first-order chi connectivity index (χ1) is 9.08. The molecule has 4 rings (SSSR count). The molecule has 3 fully saturated rings. The van der Waals surface area contributed by atoms with Crippen molar-refractivity contribution >= 4 is 27.5 Å². The lowest BCUT2D eigenvalue weighted by Gasteiger charge is -2.18. The number of rotatable bonds is 2.